The summed E-state index contributed by atoms with van der Waals surface area (Å²) in [5.74, 6) is 0.929. The van der Waals surface area contributed by atoms with E-state index in [9.17, 15) is 9.90 Å². The molecule has 0 aromatic heterocycles. The molecule has 3 N–H and O–H groups in total. The van der Waals surface area contributed by atoms with E-state index >= 15 is 0 Å². The van der Waals surface area contributed by atoms with E-state index in [2.05, 4.69) is 0 Å². The Morgan fingerprint density at radius 2 is 1.90 bits per heavy atom. The van der Waals surface area contributed by atoms with Crippen LogP contribution in [0.2, 0.25) is 0 Å². The Bertz CT molecular complexity index is 439. The molecule has 1 aliphatic rings. The van der Waals surface area contributed by atoms with Crippen LogP contribution in [0.5, 0.6) is 0 Å². The van der Waals surface area contributed by atoms with E-state index in [0.29, 0.717) is 11.8 Å². The van der Waals surface area contributed by atoms with Crippen LogP contribution in [0.25, 0.3) is 0 Å². The third-order valence-corrected chi connectivity index (χ3v) is 4.55. The van der Waals surface area contributed by atoms with Crippen molar-refractivity contribution in [2.45, 2.75) is 51.2 Å². The number of aliphatic hydroxyl groups excluding tert-OH is 1. The Morgan fingerprint density at radius 3 is 2.43 bits per heavy atom. The van der Waals surface area contributed by atoms with E-state index in [4.69, 9.17) is 10.5 Å². The van der Waals surface area contributed by atoms with E-state index < -0.39 is 6.09 Å². The third-order valence-electron chi connectivity index (χ3n) is 4.55. The number of hydrogen-bond acceptors (Lipinski definition) is 3. The Balaban J connectivity index is 1.95. The number of aliphatic hydroxyl groups is 1. The first-order valence-electron chi connectivity index (χ1n) is 7.75. The molecule has 1 aromatic rings. The minimum atomic E-state index is -0.721. The Kier molecular flexibility index (Phi) is 5.62. The minimum Gasteiger partial charge on any atom is -0.442 e. The average Bonchev–Trinajstić information content (AvgIpc) is 2.47. The molecule has 0 aliphatic heterocycles. The van der Waals surface area contributed by atoms with Crippen molar-refractivity contribution < 1.29 is 14.6 Å². The van der Waals surface area contributed by atoms with Gasteiger partial charge in [0.05, 0.1) is 6.10 Å². The first kappa shape index (κ1) is 15.8. The van der Waals surface area contributed by atoms with Gasteiger partial charge in [0.1, 0.15) is 6.10 Å². The average molecular weight is 291 g/mol. The van der Waals surface area contributed by atoms with Gasteiger partial charge in [-0.3, -0.25) is 0 Å². The van der Waals surface area contributed by atoms with Crippen LogP contribution in [0.3, 0.4) is 0 Å². The molecule has 21 heavy (non-hydrogen) atoms. The van der Waals surface area contributed by atoms with Crippen molar-refractivity contribution in [3.05, 3.63) is 35.9 Å². The molecule has 1 aliphatic carbocycles. The number of hydrogen-bond donors (Lipinski definition) is 2. The maximum atomic E-state index is 11.1. The highest BCUT2D eigenvalue weighted by Crippen LogP contribution is 2.37. The predicted molar refractivity (Wildman–Crippen MR) is 81.6 cm³/mol. The molecule has 0 radical (unpaired) electrons. The van der Waals surface area contributed by atoms with Gasteiger partial charge in [-0.05, 0) is 56.4 Å². The van der Waals surface area contributed by atoms with Crippen LogP contribution >= 0.6 is 0 Å². The Hall–Kier alpha value is -1.55. The summed E-state index contributed by atoms with van der Waals surface area (Å²) in [6.45, 7) is 1.87. The fraction of sp³-hybridized carbons (Fsp3) is 0.588. The van der Waals surface area contributed by atoms with Crippen molar-refractivity contribution in [1.82, 2.24) is 0 Å². The highest BCUT2D eigenvalue weighted by atomic mass is 16.6. The molecule has 1 saturated carbocycles. The van der Waals surface area contributed by atoms with Gasteiger partial charge in [0, 0.05) is 0 Å². The molecule has 4 nitrogen and oxygen atoms in total. The number of carbonyl (C=O) groups excluding carboxylic acids is 1. The van der Waals surface area contributed by atoms with Crippen LogP contribution < -0.4 is 5.73 Å². The molecule has 1 fully saturated rings. The molecule has 0 saturated heterocycles. The molecule has 2 atom stereocenters. The smallest absolute Gasteiger partial charge is 0.405 e. The van der Waals surface area contributed by atoms with Crippen LogP contribution in [0.4, 0.5) is 4.79 Å². The lowest BCUT2D eigenvalue weighted by Gasteiger charge is -2.32. The van der Waals surface area contributed by atoms with E-state index in [1.165, 1.54) is 0 Å². The second-order valence-electron chi connectivity index (χ2n) is 6.09. The van der Waals surface area contributed by atoms with Crippen molar-refractivity contribution in [2.75, 3.05) is 0 Å². The van der Waals surface area contributed by atoms with Crippen LogP contribution in [-0.2, 0) is 4.74 Å². The van der Waals surface area contributed by atoms with E-state index in [-0.39, 0.29) is 12.2 Å². The van der Waals surface area contributed by atoms with Crippen molar-refractivity contribution in [2.24, 2.45) is 17.6 Å². The second kappa shape index (κ2) is 7.46. The van der Waals surface area contributed by atoms with Crippen LogP contribution in [-0.4, -0.2) is 17.3 Å². The summed E-state index contributed by atoms with van der Waals surface area (Å²) >= 11 is 0. The molecular formula is C17H25NO3. The number of carbonyl (C=O) groups is 1. The molecule has 2 rings (SSSR count). The predicted octanol–water partition coefficient (Wildman–Crippen LogP) is 3.40. The lowest BCUT2D eigenvalue weighted by atomic mass is 9.77. The molecule has 1 aromatic carbocycles. The fourth-order valence-corrected chi connectivity index (χ4v) is 3.27. The topological polar surface area (TPSA) is 72.6 Å². The van der Waals surface area contributed by atoms with Crippen molar-refractivity contribution in [3.63, 3.8) is 0 Å². The number of rotatable bonds is 5. The van der Waals surface area contributed by atoms with Gasteiger partial charge in [-0.2, -0.15) is 0 Å². The molecule has 0 spiro atoms. The summed E-state index contributed by atoms with van der Waals surface area (Å²) in [6.07, 6.45) is 3.82. The summed E-state index contributed by atoms with van der Waals surface area (Å²) in [5, 5.41) is 9.66. The molecule has 1 amide bonds. The van der Waals surface area contributed by atoms with Crippen molar-refractivity contribution in [3.8, 4) is 0 Å². The zero-order chi connectivity index (χ0) is 15.2. The zero-order valence-corrected chi connectivity index (χ0v) is 12.6. The number of primary amides is 1. The first-order valence-corrected chi connectivity index (χ1v) is 7.75. The molecule has 2 unspecified atom stereocenters. The number of ether oxygens (including phenoxy) is 1. The molecular weight excluding hydrogens is 266 g/mol. The number of nitrogens with two attached hydrogens (primary N) is 1. The number of amides is 1. The lowest BCUT2D eigenvalue weighted by molar-refractivity contribution is 0.0612. The highest BCUT2D eigenvalue weighted by Gasteiger charge is 2.27. The molecule has 0 heterocycles. The van der Waals surface area contributed by atoms with Gasteiger partial charge >= 0.3 is 6.09 Å². The highest BCUT2D eigenvalue weighted by molar-refractivity contribution is 5.65. The largest absolute Gasteiger partial charge is 0.442 e. The third kappa shape index (κ3) is 4.74. The summed E-state index contributed by atoms with van der Waals surface area (Å²) in [6, 6.07) is 9.76. The molecule has 0 bridgehead atoms. The van der Waals surface area contributed by atoms with Gasteiger partial charge < -0.3 is 15.6 Å². The maximum absolute atomic E-state index is 11.1. The summed E-state index contributed by atoms with van der Waals surface area (Å²) in [5.41, 5.74) is 6.20. The normalized spacial score (nSPS) is 25.0. The summed E-state index contributed by atoms with van der Waals surface area (Å²) in [7, 11) is 0. The number of benzene rings is 1. The lowest BCUT2D eigenvalue weighted by Crippen LogP contribution is -2.25. The molecule has 116 valence electrons. The van der Waals surface area contributed by atoms with Crippen molar-refractivity contribution in [1.29, 1.82) is 0 Å². The van der Waals surface area contributed by atoms with E-state index in [0.717, 1.165) is 37.7 Å². The first-order chi connectivity index (χ1) is 10.1. The maximum Gasteiger partial charge on any atom is 0.405 e. The van der Waals surface area contributed by atoms with E-state index in [1.54, 1.807) is 0 Å². The Labute approximate surface area is 126 Å². The SMILES string of the molecule is CC(O)C1CCC(CC(OC(N)=O)c2ccccc2)CC1. The molecule has 4 heteroatoms. The minimum absolute atomic E-state index is 0.224. The van der Waals surface area contributed by atoms with E-state index in [1.807, 2.05) is 37.3 Å². The van der Waals surface area contributed by atoms with Crippen molar-refractivity contribution >= 4 is 6.09 Å². The monoisotopic (exact) mass is 291 g/mol. The van der Waals surface area contributed by atoms with Gasteiger partial charge in [-0.1, -0.05) is 30.3 Å². The standard InChI is InChI=1S/C17H25NO3/c1-12(19)14-9-7-13(8-10-14)11-16(21-17(18)20)15-5-3-2-4-6-15/h2-6,12-14,16,19H,7-11H2,1H3,(H2,18,20). The van der Waals surface area contributed by atoms with Gasteiger partial charge in [0.25, 0.3) is 0 Å². The van der Waals surface area contributed by atoms with Crippen LogP contribution in [0, 0.1) is 11.8 Å². The van der Waals surface area contributed by atoms with Crippen LogP contribution in [0.1, 0.15) is 50.7 Å². The van der Waals surface area contributed by atoms with Gasteiger partial charge in [0.15, 0.2) is 0 Å². The van der Waals surface area contributed by atoms with Gasteiger partial charge in [-0.25, -0.2) is 4.79 Å². The Morgan fingerprint density at radius 1 is 1.29 bits per heavy atom. The fourth-order valence-electron chi connectivity index (χ4n) is 3.27. The van der Waals surface area contributed by atoms with Gasteiger partial charge in [0.2, 0.25) is 0 Å². The summed E-state index contributed by atoms with van der Waals surface area (Å²) in [4.78, 5) is 11.1. The second-order valence-corrected chi connectivity index (χ2v) is 6.09. The van der Waals surface area contributed by atoms with Gasteiger partial charge in [-0.15, -0.1) is 0 Å². The zero-order valence-electron chi connectivity index (χ0n) is 12.6. The van der Waals surface area contributed by atoms with Crippen LogP contribution in [0.15, 0.2) is 30.3 Å². The quantitative estimate of drug-likeness (QED) is 0.873. The summed E-state index contributed by atoms with van der Waals surface area (Å²) < 4.78 is 5.30.